The van der Waals surface area contributed by atoms with Crippen LogP contribution in [0.1, 0.15) is 126 Å². The molecule has 0 rings (SSSR count). The lowest BCUT2D eigenvalue weighted by Gasteiger charge is -1.98. The zero-order valence-corrected chi connectivity index (χ0v) is 9.86. The van der Waals surface area contributed by atoms with Crippen molar-refractivity contribution in [3.05, 3.63) is 24.2 Å². The number of carboxylic acid groups (broad SMARTS) is 1. The molecule has 0 spiro atoms. The van der Waals surface area contributed by atoms with E-state index in [0.717, 1.165) is 0 Å². The minimum atomic E-state index is -4.82. The van der Waals surface area contributed by atoms with Crippen LogP contribution in [0.15, 0.2) is 24.2 Å². The van der Waals surface area contributed by atoms with Gasteiger partial charge in [-0.1, -0.05) is 62.9 Å². The monoisotopic (exact) mass is 311 g/mol. The Morgan fingerprint density at radius 1 is 1.00 bits per heavy atom. The van der Waals surface area contributed by atoms with Gasteiger partial charge in [-0.3, -0.25) is 4.79 Å². The third kappa shape index (κ3) is 16.9. The van der Waals surface area contributed by atoms with Gasteiger partial charge in [-0.2, -0.15) is 0 Å². The van der Waals surface area contributed by atoms with Crippen LogP contribution in [0.3, 0.4) is 0 Å². The van der Waals surface area contributed by atoms with E-state index in [-0.39, 0.29) is 0 Å². The SMILES string of the molecule is [2H]C(=C([2H])C([2H])([2H])C([2H])([2H])C([2H])([2H])C([2H])([2H])C([2H])([2H])[2H])C([2H])([2H])C([2H])=C([2H])C([2H])([2H])C([2H])([2H])C([2H])([2H])C([2H])([2H])C([2H])([2H])C([2H])([2H])C([2H])([2H])C(=O)O. The average Bonchev–Trinajstić information content (AvgIpc) is 2.93. The highest BCUT2D eigenvalue weighted by molar-refractivity contribution is 5.66. The minimum absolute atomic E-state index is 2.24. The van der Waals surface area contributed by atoms with E-state index in [0.29, 0.717) is 0 Å². The third-order valence-electron chi connectivity index (χ3n) is 1.04. The Morgan fingerprint density at radius 2 is 1.60 bits per heavy atom. The predicted molar refractivity (Wildman–Crippen MR) is 87.0 cm³/mol. The van der Waals surface area contributed by atoms with E-state index in [2.05, 4.69) is 0 Å². The van der Waals surface area contributed by atoms with E-state index < -0.39 is 114 Å². The lowest BCUT2D eigenvalue weighted by Crippen LogP contribution is -1.93. The standard InChI is InChI=1S/C18H32O2/c1-2-3-4-5-6-7-8-9-10-11-12-13-14-15-16-17-18(19)20/h6-7,9-10H,2-5,8,11-17H2,1H3,(H,19,20)/i1D3,2D2,3D2,4D2,5D2,6D,7D,8D2,9D,10D,11D2,12D2,13D2,14D2,15D2,16D2,17D2. The number of aliphatic carboxylic acids is 1. The summed E-state index contributed by atoms with van der Waals surface area (Å²) in [5, 5.41) is 9.04. The van der Waals surface area contributed by atoms with Crippen LogP contribution in [0, 0.1) is 0 Å². The van der Waals surface area contributed by atoms with Gasteiger partial charge in [-0.05, 0) is 38.2 Å². The van der Waals surface area contributed by atoms with Crippen molar-refractivity contribution >= 4 is 5.97 Å². The van der Waals surface area contributed by atoms with Crippen LogP contribution in [0.2, 0.25) is 0 Å². The van der Waals surface area contributed by atoms with Gasteiger partial charge in [-0.25, -0.2) is 0 Å². The Bertz CT molecular complexity index is 1410. The molecule has 0 atom stereocenters. The molecule has 2 nitrogen and oxygen atoms in total. The van der Waals surface area contributed by atoms with Crippen molar-refractivity contribution in [2.24, 2.45) is 0 Å². The van der Waals surface area contributed by atoms with Crippen molar-refractivity contribution in [3.8, 4) is 0 Å². The summed E-state index contributed by atoms with van der Waals surface area (Å²) in [6.07, 6.45) is -54.3. The van der Waals surface area contributed by atoms with Gasteiger partial charge in [-0.15, -0.1) is 0 Å². The number of carboxylic acids is 1. The maximum absolute atomic E-state index is 11.3. The maximum atomic E-state index is 11.3. The number of hydrogen-bond acceptors (Lipinski definition) is 1. The van der Waals surface area contributed by atoms with Crippen LogP contribution in [0.25, 0.3) is 0 Å². The normalized spacial score (nSPS) is 45.7. The molecule has 0 bridgehead atoms. The number of allylic oxidation sites excluding steroid dienone is 4. The molecule has 20 heavy (non-hydrogen) atoms. The first-order chi connectivity index (χ1) is 21.6. The maximum Gasteiger partial charge on any atom is 0.303 e. The van der Waals surface area contributed by atoms with Crippen LogP contribution < -0.4 is 0 Å². The molecular formula is C18H32O2. The lowest BCUT2D eigenvalue weighted by molar-refractivity contribution is -0.137. The van der Waals surface area contributed by atoms with E-state index >= 15 is 0 Å². The molecule has 0 aliphatic carbocycles. The molecule has 0 aromatic rings. The molecule has 1 N–H and O–H groups in total. The summed E-state index contributed by atoms with van der Waals surface area (Å²) >= 11 is 0. The second kappa shape index (κ2) is 16.0. The molecule has 0 radical (unpaired) electrons. The second-order valence-corrected chi connectivity index (χ2v) is 2.31. The van der Waals surface area contributed by atoms with Crippen LogP contribution in [0.4, 0.5) is 0 Å². The fourth-order valence-corrected chi connectivity index (χ4v) is 0.491. The first kappa shape index (κ1) is 2.55. The molecule has 0 saturated carbocycles. The fourth-order valence-electron chi connectivity index (χ4n) is 0.491. The van der Waals surface area contributed by atoms with Crippen LogP contribution in [-0.2, 0) is 4.79 Å². The Morgan fingerprint density at radius 3 is 2.25 bits per heavy atom. The van der Waals surface area contributed by atoms with Gasteiger partial charge >= 0.3 is 5.97 Å². The summed E-state index contributed by atoms with van der Waals surface area (Å²) in [5.41, 5.74) is 0. The Hall–Kier alpha value is -1.05. The first-order valence-corrected chi connectivity index (χ1v) is 4.68. The van der Waals surface area contributed by atoms with Crippen molar-refractivity contribution in [3.63, 3.8) is 0 Å². The number of carbonyl (C=O) groups is 1. The molecule has 116 valence electrons. The average molecular weight is 312 g/mol. The van der Waals surface area contributed by atoms with Crippen molar-refractivity contribution in [1.29, 1.82) is 0 Å². The molecule has 0 aromatic carbocycles. The fraction of sp³-hybridized carbons (Fsp3) is 0.722. The van der Waals surface area contributed by atoms with Gasteiger partial charge in [0, 0.05) is 43.4 Å². The summed E-state index contributed by atoms with van der Waals surface area (Å²) in [6, 6.07) is -9.19. The molecule has 0 fully saturated rings. The molecule has 0 aromatic heterocycles. The quantitative estimate of drug-likeness (QED) is 0.406. The van der Waals surface area contributed by atoms with Gasteiger partial charge in [0.1, 0.15) is 0 Å². The number of rotatable bonds is 14. The summed E-state index contributed by atoms with van der Waals surface area (Å²) < 4.78 is 242. The highest BCUT2D eigenvalue weighted by Crippen LogP contribution is 2.08. The Balaban J connectivity index is 7.59. The highest BCUT2D eigenvalue weighted by Gasteiger charge is 1.95. The van der Waals surface area contributed by atoms with Crippen LogP contribution in [-0.4, -0.2) is 11.1 Å². The molecule has 0 unspecified atom stereocenters. The van der Waals surface area contributed by atoms with Crippen LogP contribution in [0.5, 0.6) is 0 Å². The third-order valence-corrected chi connectivity index (χ3v) is 1.04. The van der Waals surface area contributed by atoms with Gasteiger partial charge in [0.2, 0.25) is 0 Å². The molecule has 0 heterocycles. The van der Waals surface area contributed by atoms with Gasteiger partial charge in [0.25, 0.3) is 0 Å². The summed E-state index contributed by atoms with van der Waals surface area (Å²) in [4.78, 5) is 11.3. The zero-order chi connectivity index (χ0) is 42.4. The van der Waals surface area contributed by atoms with Crippen LogP contribution >= 0.6 is 0 Å². The van der Waals surface area contributed by atoms with E-state index in [1.807, 2.05) is 0 Å². The Labute approximate surface area is 168 Å². The van der Waals surface area contributed by atoms with E-state index in [4.69, 9.17) is 47.6 Å². The Kier molecular flexibility index (Phi) is 2.04. The van der Waals surface area contributed by atoms with Gasteiger partial charge in [0.05, 0.1) is 5.48 Å². The molecule has 0 aliphatic heterocycles. The van der Waals surface area contributed by atoms with Gasteiger partial charge in [0.15, 0.2) is 0 Å². The largest absolute Gasteiger partial charge is 0.481 e. The van der Waals surface area contributed by atoms with E-state index in [1.54, 1.807) is 0 Å². The summed E-state index contributed by atoms with van der Waals surface area (Å²) in [5.74, 6) is -2.72. The first-order valence-electron chi connectivity index (χ1n) is 20.2. The molecule has 2 heteroatoms. The van der Waals surface area contributed by atoms with E-state index in [1.165, 1.54) is 0 Å². The molecule has 0 amide bonds. The second-order valence-electron chi connectivity index (χ2n) is 2.31. The van der Waals surface area contributed by atoms with Crippen molar-refractivity contribution in [2.45, 2.75) is 83.3 Å². The van der Waals surface area contributed by atoms with Crippen molar-refractivity contribution < 1.29 is 52.4 Å². The van der Waals surface area contributed by atoms with Gasteiger partial charge < -0.3 is 5.11 Å². The smallest absolute Gasteiger partial charge is 0.303 e. The highest BCUT2D eigenvalue weighted by atomic mass is 16.4. The lowest BCUT2D eigenvalue weighted by atomic mass is 10.1. The molecule has 0 aliphatic rings. The van der Waals surface area contributed by atoms with Crippen molar-refractivity contribution in [2.75, 3.05) is 0 Å². The van der Waals surface area contributed by atoms with E-state index in [9.17, 15) is 4.79 Å². The summed E-state index contributed by atoms with van der Waals surface area (Å²) in [6.45, 7) is -3.98. The number of hydrogen-bond donors (Lipinski definition) is 1. The molecular weight excluding hydrogens is 248 g/mol. The predicted octanol–water partition coefficient (Wildman–Crippen LogP) is 5.88. The zero-order valence-electron chi connectivity index (χ0n) is 40.9. The molecule has 0 saturated heterocycles. The summed E-state index contributed by atoms with van der Waals surface area (Å²) in [7, 11) is 0. The topological polar surface area (TPSA) is 37.3 Å². The minimum Gasteiger partial charge on any atom is -0.481 e. The van der Waals surface area contributed by atoms with Crippen molar-refractivity contribution in [1.82, 2.24) is 0 Å².